The lowest BCUT2D eigenvalue weighted by molar-refractivity contribution is -0.484. The second kappa shape index (κ2) is 4.16. The molecule has 0 aromatic rings. The highest BCUT2D eigenvalue weighted by molar-refractivity contribution is 6.43. The molecule has 1 N–H and O–H groups in total. The van der Waals surface area contributed by atoms with Gasteiger partial charge in [-0.3, -0.25) is 10.1 Å². The summed E-state index contributed by atoms with van der Waals surface area (Å²) >= 11 is 0. The van der Waals surface area contributed by atoms with Crippen LogP contribution in [0.1, 0.15) is 20.3 Å². The Balaban J connectivity index is 2.88. The van der Waals surface area contributed by atoms with Crippen LogP contribution in [-0.2, 0) is 4.79 Å². The molecule has 0 spiro atoms. The number of hydrogen-bond acceptors (Lipinski definition) is 5. The van der Waals surface area contributed by atoms with E-state index in [1.165, 1.54) is 0 Å². The normalized spacial score (nSPS) is 20.1. The Bertz CT molecular complexity index is 359. The molecule has 1 rings (SSSR count). The average Bonchev–Trinajstić information content (AvgIpc) is 2.46. The number of aliphatic carboxylic acids is 1. The lowest BCUT2D eigenvalue weighted by Crippen LogP contribution is -2.39. The van der Waals surface area contributed by atoms with Crippen molar-refractivity contribution in [2.45, 2.75) is 26.3 Å². The molecule has 0 radical (unpaired) electrons. The predicted octanol–water partition coefficient (Wildman–Crippen LogP) is 0.573. The van der Waals surface area contributed by atoms with E-state index < -0.39 is 22.6 Å². The number of nitro groups is 1. The summed E-state index contributed by atoms with van der Waals surface area (Å²) < 4.78 is 0. The highest BCUT2D eigenvalue weighted by Gasteiger charge is 2.41. The molecule has 0 bridgehead atoms. The molecule has 0 aromatic carbocycles. The fourth-order valence-electron chi connectivity index (χ4n) is 1.34. The molecule has 82 valence electrons. The van der Waals surface area contributed by atoms with Crippen molar-refractivity contribution in [2.24, 2.45) is 16.1 Å². The topological polar surface area (TPSA) is 105 Å². The molecule has 15 heavy (non-hydrogen) atoms. The van der Waals surface area contributed by atoms with Crippen LogP contribution in [-0.4, -0.2) is 33.5 Å². The minimum Gasteiger partial charge on any atom is -0.476 e. The number of hydrogen-bond donors (Lipinski definition) is 1. The summed E-state index contributed by atoms with van der Waals surface area (Å²) in [5, 5.41) is 26.3. The standard InChI is InChI=1S/C8H11N3O4/c1-4(2)3-5-7(11(14)15)6(8(12)13)10-9-5/h4,7H,3H2,1-2H3,(H,12,13)/t7-/m0/s1. The van der Waals surface area contributed by atoms with E-state index in [0.29, 0.717) is 6.42 Å². The van der Waals surface area contributed by atoms with Gasteiger partial charge in [-0.25, -0.2) is 4.79 Å². The Hall–Kier alpha value is -1.79. The summed E-state index contributed by atoms with van der Waals surface area (Å²) in [5.41, 5.74) is -0.289. The summed E-state index contributed by atoms with van der Waals surface area (Å²) in [7, 11) is 0. The van der Waals surface area contributed by atoms with Crippen LogP contribution in [0.25, 0.3) is 0 Å². The molecule has 1 aliphatic heterocycles. The van der Waals surface area contributed by atoms with Crippen LogP contribution in [0.2, 0.25) is 0 Å². The van der Waals surface area contributed by atoms with E-state index in [1.54, 1.807) is 0 Å². The van der Waals surface area contributed by atoms with E-state index >= 15 is 0 Å². The van der Waals surface area contributed by atoms with Gasteiger partial charge in [-0.1, -0.05) is 13.8 Å². The summed E-state index contributed by atoms with van der Waals surface area (Å²) in [6.45, 7) is 3.75. The molecule has 0 saturated carbocycles. The van der Waals surface area contributed by atoms with Crippen LogP contribution in [0.4, 0.5) is 0 Å². The Morgan fingerprint density at radius 3 is 2.60 bits per heavy atom. The Morgan fingerprint density at radius 2 is 2.20 bits per heavy atom. The lowest BCUT2D eigenvalue weighted by atomic mass is 9.99. The van der Waals surface area contributed by atoms with Gasteiger partial charge >= 0.3 is 12.0 Å². The minimum atomic E-state index is -1.39. The van der Waals surface area contributed by atoms with E-state index in [4.69, 9.17) is 5.11 Å². The van der Waals surface area contributed by atoms with Crippen molar-refractivity contribution in [1.82, 2.24) is 0 Å². The van der Waals surface area contributed by atoms with E-state index in [1.807, 2.05) is 13.8 Å². The quantitative estimate of drug-likeness (QED) is 0.544. The van der Waals surface area contributed by atoms with Crippen LogP contribution in [0, 0.1) is 16.0 Å². The van der Waals surface area contributed by atoms with Gasteiger partial charge in [0.15, 0.2) is 0 Å². The van der Waals surface area contributed by atoms with Crippen LogP contribution < -0.4 is 0 Å². The number of carbonyl (C=O) groups is 1. The minimum absolute atomic E-state index is 0.176. The van der Waals surface area contributed by atoms with Gasteiger partial charge in [-0.2, -0.15) is 5.10 Å². The zero-order valence-corrected chi connectivity index (χ0v) is 8.38. The summed E-state index contributed by atoms with van der Waals surface area (Å²) in [6, 6.07) is -1.38. The first-order chi connectivity index (χ1) is 6.93. The molecule has 7 nitrogen and oxygen atoms in total. The van der Waals surface area contributed by atoms with Gasteiger partial charge in [-0.05, 0) is 12.3 Å². The molecule has 0 unspecified atom stereocenters. The lowest BCUT2D eigenvalue weighted by Gasteiger charge is -2.07. The smallest absolute Gasteiger partial charge is 0.359 e. The summed E-state index contributed by atoms with van der Waals surface area (Å²) in [6.07, 6.45) is 0.381. The van der Waals surface area contributed by atoms with Gasteiger partial charge < -0.3 is 5.11 Å². The maximum atomic E-state index is 10.7. The first-order valence-corrected chi connectivity index (χ1v) is 4.44. The Morgan fingerprint density at radius 1 is 1.60 bits per heavy atom. The largest absolute Gasteiger partial charge is 0.476 e. The van der Waals surface area contributed by atoms with Crippen molar-refractivity contribution < 1.29 is 14.8 Å². The molecule has 1 atom stereocenters. The molecule has 7 heteroatoms. The highest BCUT2D eigenvalue weighted by atomic mass is 16.6. The molecular formula is C8H11N3O4. The van der Waals surface area contributed by atoms with Crippen LogP contribution in [0.3, 0.4) is 0 Å². The molecule has 0 amide bonds. The van der Waals surface area contributed by atoms with E-state index in [9.17, 15) is 14.9 Å². The third-order valence-electron chi connectivity index (χ3n) is 1.91. The fraction of sp³-hybridized carbons (Fsp3) is 0.625. The Labute approximate surface area is 85.7 Å². The summed E-state index contributed by atoms with van der Waals surface area (Å²) in [5.74, 6) is -1.21. The number of rotatable bonds is 4. The van der Waals surface area contributed by atoms with Crippen molar-refractivity contribution in [3.05, 3.63) is 10.1 Å². The number of carboxylic acid groups (broad SMARTS) is 1. The van der Waals surface area contributed by atoms with Gasteiger partial charge in [0.25, 0.3) is 0 Å². The van der Waals surface area contributed by atoms with Crippen molar-refractivity contribution in [1.29, 1.82) is 0 Å². The molecular weight excluding hydrogens is 202 g/mol. The van der Waals surface area contributed by atoms with Crippen molar-refractivity contribution in [2.75, 3.05) is 0 Å². The molecule has 0 aliphatic carbocycles. The van der Waals surface area contributed by atoms with Gasteiger partial charge in [0.05, 0.1) is 0 Å². The van der Waals surface area contributed by atoms with Gasteiger partial charge in [0.1, 0.15) is 5.71 Å². The predicted molar refractivity (Wildman–Crippen MR) is 52.7 cm³/mol. The van der Waals surface area contributed by atoms with Gasteiger partial charge in [-0.15, -0.1) is 5.10 Å². The highest BCUT2D eigenvalue weighted by Crippen LogP contribution is 2.14. The van der Waals surface area contributed by atoms with E-state index in [0.717, 1.165) is 0 Å². The zero-order chi connectivity index (χ0) is 11.6. The third-order valence-corrected chi connectivity index (χ3v) is 1.91. The first kappa shape index (κ1) is 11.3. The molecule has 0 aromatic heterocycles. The monoisotopic (exact) mass is 213 g/mol. The second-order valence-corrected chi connectivity index (χ2v) is 3.67. The Kier molecular flexibility index (Phi) is 3.13. The van der Waals surface area contributed by atoms with Crippen molar-refractivity contribution in [3.8, 4) is 0 Å². The van der Waals surface area contributed by atoms with Crippen LogP contribution in [0.15, 0.2) is 10.2 Å². The maximum absolute atomic E-state index is 10.7. The van der Waals surface area contributed by atoms with Crippen LogP contribution in [0.5, 0.6) is 0 Å². The maximum Gasteiger partial charge on any atom is 0.359 e. The molecule has 1 heterocycles. The first-order valence-electron chi connectivity index (χ1n) is 4.44. The van der Waals surface area contributed by atoms with Crippen LogP contribution >= 0.6 is 0 Å². The molecule has 1 aliphatic rings. The van der Waals surface area contributed by atoms with Gasteiger partial charge in [0.2, 0.25) is 5.71 Å². The zero-order valence-electron chi connectivity index (χ0n) is 8.38. The summed E-state index contributed by atoms with van der Waals surface area (Å²) in [4.78, 5) is 20.7. The SMILES string of the molecule is CC(C)CC1=NN=C(C(=O)O)[C@H]1[N+](=O)[O-]. The van der Waals surface area contributed by atoms with Crippen molar-refractivity contribution >= 4 is 17.4 Å². The van der Waals surface area contributed by atoms with E-state index in [2.05, 4.69) is 10.2 Å². The molecule has 0 saturated heterocycles. The van der Waals surface area contributed by atoms with E-state index in [-0.39, 0.29) is 11.6 Å². The van der Waals surface area contributed by atoms with Crippen molar-refractivity contribution in [3.63, 3.8) is 0 Å². The third kappa shape index (κ3) is 2.36. The van der Waals surface area contributed by atoms with Gasteiger partial charge in [0, 0.05) is 4.92 Å². The molecule has 0 fully saturated rings. The fourth-order valence-corrected chi connectivity index (χ4v) is 1.34. The number of carboxylic acids is 1. The average molecular weight is 213 g/mol. The second-order valence-electron chi connectivity index (χ2n) is 3.67. The number of nitrogens with zero attached hydrogens (tertiary/aromatic N) is 3.